The Labute approximate surface area is 132 Å². The Balaban J connectivity index is 1.47. The van der Waals surface area contributed by atoms with E-state index in [0.29, 0.717) is 0 Å². The van der Waals surface area contributed by atoms with Crippen molar-refractivity contribution < 1.29 is 0 Å². The molecular weight excluding hydrogens is 256 g/mol. The zero-order valence-corrected chi connectivity index (χ0v) is 14.2. The second-order valence-electron chi connectivity index (χ2n) is 7.83. The number of hydrogen-bond donors (Lipinski definition) is 1. The van der Waals surface area contributed by atoms with Crippen molar-refractivity contribution >= 4 is 0 Å². The molecule has 2 saturated carbocycles. The lowest BCUT2D eigenvalue weighted by Gasteiger charge is -2.44. The van der Waals surface area contributed by atoms with Gasteiger partial charge in [-0.05, 0) is 82.8 Å². The van der Waals surface area contributed by atoms with E-state index in [2.05, 4.69) is 17.1 Å². The largest absolute Gasteiger partial charge is 0.314 e. The molecule has 1 saturated heterocycles. The topological polar surface area (TPSA) is 15.3 Å². The van der Waals surface area contributed by atoms with Gasteiger partial charge in [-0.2, -0.15) is 0 Å². The quantitative estimate of drug-likeness (QED) is 0.789. The molecule has 0 bridgehead atoms. The Morgan fingerprint density at radius 3 is 2.71 bits per heavy atom. The molecule has 0 aromatic heterocycles. The van der Waals surface area contributed by atoms with Gasteiger partial charge in [0.25, 0.3) is 0 Å². The minimum absolute atomic E-state index is 0.830. The average Bonchev–Trinajstić information content (AvgIpc) is 2.98. The SMILES string of the molecule is CCCNC1CCCC1CCN1CCCC2CCCCC21. The number of likely N-dealkylation sites (tertiary alicyclic amines) is 1. The summed E-state index contributed by atoms with van der Waals surface area (Å²) >= 11 is 0. The maximum Gasteiger partial charge on any atom is 0.0123 e. The predicted octanol–water partition coefficient (Wildman–Crippen LogP) is 4.20. The number of nitrogens with zero attached hydrogens (tertiary/aromatic N) is 1. The van der Waals surface area contributed by atoms with E-state index in [1.165, 1.54) is 90.3 Å². The maximum absolute atomic E-state index is 3.81. The highest BCUT2D eigenvalue weighted by molar-refractivity contribution is 4.89. The van der Waals surface area contributed by atoms with Crippen LogP contribution in [0.2, 0.25) is 0 Å². The van der Waals surface area contributed by atoms with Gasteiger partial charge in [0.05, 0.1) is 0 Å². The number of piperidine rings is 1. The van der Waals surface area contributed by atoms with Crippen LogP contribution in [0.5, 0.6) is 0 Å². The summed E-state index contributed by atoms with van der Waals surface area (Å²) in [7, 11) is 0. The highest BCUT2D eigenvalue weighted by Crippen LogP contribution is 2.36. The van der Waals surface area contributed by atoms with Gasteiger partial charge in [-0.25, -0.2) is 0 Å². The molecule has 3 fully saturated rings. The van der Waals surface area contributed by atoms with Crippen LogP contribution < -0.4 is 5.32 Å². The van der Waals surface area contributed by atoms with Crippen LogP contribution in [0, 0.1) is 11.8 Å². The van der Waals surface area contributed by atoms with Gasteiger partial charge < -0.3 is 10.2 Å². The third-order valence-corrected chi connectivity index (χ3v) is 6.46. The molecule has 2 heteroatoms. The normalized spacial score (nSPS) is 37.6. The lowest BCUT2D eigenvalue weighted by molar-refractivity contribution is 0.0554. The fourth-order valence-corrected chi connectivity index (χ4v) is 5.32. The fourth-order valence-electron chi connectivity index (χ4n) is 5.32. The molecule has 1 heterocycles. The summed E-state index contributed by atoms with van der Waals surface area (Å²) in [5.74, 6) is 2.01. The Morgan fingerprint density at radius 1 is 0.952 bits per heavy atom. The molecule has 2 nitrogen and oxygen atoms in total. The molecule has 122 valence electrons. The maximum atomic E-state index is 3.81. The van der Waals surface area contributed by atoms with Crippen LogP contribution in [0.4, 0.5) is 0 Å². The molecule has 3 rings (SSSR count). The van der Waals surface area contributed by atoms with Crippen molar-refractivity contribution in [2.24, 2.45) is 11.8 Å². The monoisotopic (exact) mass is 292 g/mol. The van der Waals surface area contributed by atoms with E-state index in [1.807, 2.05) is 0 Å². The van der Waals surface area contributed by atoms with Crippen LogP contribution >= 0.6 is 0 Å². The molecule has 2 aliphatic carbocycles. The van der Waals surface area contributed by atoms with Crippen molar-refractivity contribution in [1.82, 2.24) is 10.2 Å². The molecule has 4 atom stereocenters. The first kappa shape index (κ1) is 15.8. The van der Waals surface area contributed by atoms with E-state index in [4.69, 9.17) is 0 Å². The molecular formula is C19H36N2. The van der Waals surface area contributed by atoms with E-state index in [0.717, 1.165) is 23.9 Å². The standard InChI is InChI=1S/C19H36N2/c1-2-13-20-18-10-5-8-16(18)12-15-21-14-6-9-17-7-3-4-11-19(17)21/h16-20H,2-15H2,1H3. The van der Waals surface area contributed by atoms with E-state index in [9.17, 15) is 0 Å². The van der Waals surface area contributed by atoms with Crippen molar-refractivity contribution in [2.75, 3.05) is 19.6 Å². The van der Waals surface area contributed by atoms with Gasteiger partial charge in [-0.1, -0.05) is 26.2 Å². The lowest BCUT2D eigenvalue weighted by Crippen LogP contribution is -2.47. The highest BCUT2D eigenvalue weighted by Gasteiger charge is 2.34. The second kappa shape index (κ2) is 7.97. The van der Waals surface area contributed by atoms with E-state index < -0.39 is 0 Å². The molecule has 0 spiro atoms. The Kier molecular flexibility index (Phi) is 5.99. The first-order valence-electron chi connectivity index (χ1n) is 9.86. The van der Waals surface area contributed by atoms with Gasteiger partial charge in [-0.15, -0.1) is 0 Å². The van der Waals surface area contributed by atoms with Gasteiger partial charge >= 0.3 is 0 Å². The second-order valence-corrected chi connectivity index (χ2v) is 7.83. The number of nitrogens with one attached hydrogen (secondary N) is 1. The molecule has 4 unspecified atom stereocenters. The fraction of sp³-hybridized carbons (Fsp3) is 1.00. The summed E-state index contributed by atoms with van der Waals surface area (Å²) in [5.41, 5.74) is 0. The zero-order valence-electron chi connectivity index (χ0n) is 14.2. The summed E-state index contributed by atoms with van der Waals surface area (Å²) < 4.78 is 0. The molecule has 0 aromatic rings. The molecule has 21 heavy (non-hydrogen) atoms. The summed E-state index contributed by atoms with van der Waals surface area (Å²) in [5, 5.41) is 3.81. The van der Waals surface area contributed by atoms with Gasteiger partial charge in [0, 0.05) is 12.1 Å². The molecule has 3 aliphatic rings. The Bertz CT molecular complexity index is 302. The number of hydrogen-bond acceptors (Lipinski definition) is 2. The van der Waals surface area contributed by atoms with Crippen LogP contribution in [0.15, 0.2) is 0 Å². The highest BCUT2D eigenvalue weighted by atomic mass is 15.2. The predicted molar refractivity (Wildman–Crippen MR) is 90.6 cm³/mol. The van der Waals surface area contributed by atoms with Gasteiger partial charge in [0.2, 0.25) is 0 Å². The van der Waals surface area contributed by atoms with Crippen LogP contribution in [0.3, 0.4) is 0 Å². The van der Waals surface area contributed by atoms with Crippen LogP contribution in [-0.4, -0.2) is 36.6 Å². The van der Waals surface area contributed by atoms with Crippen LogP contribution in [0.1, 0.15) is 77.6 Å². The molecule has 0 radical (unpaired) electrons. The Hall–Kier alpha value is -0.0800. The third kappa shape index (κ3) is 4.01. The zero-order chi connectivity index (χ0) is 14.5. The van der Waals surface area contributed by atoms with Gasteiger partial charge in [-0.3, -0.25) is 0 Å². The summed E-state index contributed by atoms with van der Waals surface area (Å²) in [6.07, 6.45) is 16.1. The lowest BCUT2D eigenvalue weighted by atomic mass is 9.78. The minimum atomic E-state index is 0.830. The smallest absolute Gasteiger partial charge is 0.0123 e. The molecule has 0 amide bonds. The van der Waals surface area contributed by atoms with E-state index in [-0.39, 0.29) is 0 Å². The first-order chi connectivity index (χ1) is 10.4. The van der Waals surface area contributed by atoms with Crippen molar-refractivity contribution in [2.45, 2.75) is 89.6 Å². The molecule has 0 aromatic carbocycles. The van der Waals surface area contributed by atoms with E-state index in [1.54, 1.807) is 0 Å². The van der Waals surface area contributed by atoms with Gasteiger partial charge in [0.15, 0.2) is 0 Å². The molecule has 1 N–H and O–H groups in total. The van der Waals surface area contributed by atoms with E-state index >= 15 is 0 Å². The third-order valence-electron chi connectivity index (χ3n) is 6.46. The average molecular weight is 293 g/mol. The van der Waals surface area contributed by atoms with Crippen molar-refractivity contribution in [3.63, 3.8) is 0 Å². The minimum Gasteiger partial charge on any atom is -0.314 e. The van der Waals surface area contributed by atoms with Gasteiger partial charge in [0.1, 0.15) is 0 Å². The number of fused-ring (bicyclic) bond motifs is 1. The van der Waals surface area contributed by atoms with Crippen molar-refractivity contribution in [3.05, 3.63) is 0 Å². The molecule has 1 aliphatic heterocycles. The van der Waals surface area contributed by atoms with Crippen LogP contribution in [0.25, 0.3) is 0 Å². The number of rotatable bonds is 6. The Morgan fingerprint density at radius 2 is 1.81 bits per heavy atom. The summed E-state index contributed by atoms with van der Waals surface area (Å²) in [6.45, 7) is 6.28. The van der Waals surface area contributed by atoms with Crippen molar-refractivity contribution in [3.8, 4) is 0 Å². The van der Waals surface area contributed by atoms with Crippen molar-refractivity contribution in [1.29, 1.82) is 0 Å². The first-order valence-corrected chi connectivity index (χ1v) is 9.86. The summed E-state index contributed by atoms with van der Waals surface area (Å²) in [6, 6.07) is 1.79. The summed E-state index contributed by atoms with van der Waals surface area (Å²) in [4.78, 5) is 2.89. The van der Waals surface area contributed by atoms with Crippen LogP contribution in [-0.2, 0) is 0 Å².